The molecule has 2 rings (SSSR count). The molecule has 0 bridgehead atoms. The third-order valence-corrected chi connectivity index (χ3v) is 2.44. The van der Waals surface area contributed by atoms with Crippen molar-refractivity contribution in [3.05, 3.63) is 35.9 Å². The molecule has 1 fully saturated rings. The molecule has 1 heterocycles. The number of nitrogens with one attached hydrogen (secondary N) is 1. The van der Waals surface area contributed by atoms with E-state index < -0.39 is 0 Å². The predicted octanol–water partition coefficient (Wildman–Crippen LogP) is 0.903. The van der Waals surface area contributed by atoms with E-state index in [9.17, 15) is 4.79 Å². The van der Waals surface area contributed by atoms with Gasteiger partial charge >= 0.3 is 0 Å². The van der Waals surface area contributed by atoms with Crippen molar-refractivity contribution in [2.24, 2.45) is 0 Å². The largest absolute Gasteiger partial charge is 0.335 e. The van der Waals surface area contributed by atoms with E-state index >= 15 is 0 Å². The summed E-state index contributed by atoms with van der Waals surface area (Å²) in [4.78, 5) is 12.9. The Morgan fingerprint density at radius 3 is 2.64 bits per heavy atom. The maximum atomic E-state index is 11.0. The topological polar surface area (TPSA) is 32.3 Å². The second-order valence-electron chi connectivity index (χ2n) is 3.19. The molecule has 1 aromatic rings. The maximum Gasteiger partial charge on any atom is 0.245 e. The first-order chi connectivity index (χ1) is 6.75. The van der Waals surface area contributed by atoms with Crippen molar-refractivity contribution in [1.29, 1.82) is 0 Å². The van der Waals surface area contributed by atoms with Gasteiger partial charge < -0.3 is 10.2 Å². The SMILES string of the molecule is O=C1CN(Cc2ccccc2)C(=S)N1. The summed E-state index contributed by atoms with van der Waals surface area (Å²) in [5, 5.41) is 3.13. The fourth-order valence-electron chi connectivity index (χ4n) is 1.41. The molecule has 0 aromatic heterocycles. The van der Waals surface area contributed by atoms with Crippen LogP contribution in [0.25, 0.3) is 0 Å². The maximum absolute atomic E-state index is 11.0. The number of amides is 1. The van der Waals surface area contributed by atoms with Crippen LogP contribution in [0.15, 0.2) is 30.3 Å². The highest BCUT2D eigenvalue weighted by molar-refractivity contribution is 7.80. The van der Waals surface area contributed by atoms with Gasteiger partial charge in [0.15, 0.2) is 5.11 Å². The van der Waals surface area contributed by atoms with Crippen molar-refractivity contribution < 1.29 is 4.79 Å². The average Bonchev–Trinajstić information content (AvgIpc) is 2.47. The van der Waals surface area contributed by atoms with Crippen LogP contribution in [-0.2, 0) is 11.3 Å². The van der Waals surface area contributed by atoms with E-state index in [0.29, 0.717) is 18.2 Å². The van der Waals surface area contributed by atoms with Gasteiger partial charge in [-0.3, -0.25) is 4.79 Å². The molecule has 0 spiro atoms. The van der Waals surface area contributed by atoms with Crippen molar-refractivity contribution >= 4 is 23.2 Å². The monoisotopic (exact) mass is 206 g/mol. The average molecular weight is 206 g/mol. The number of rotatable bonds is 2. The Bertz CT molecular complexity index is 364. The van der Waals surface area contributed by atoms with E-state index in [1.54, 1.807) is 0 Å². The van der Waals surface area contributed by atoms with Crippen molar-refractivity contribution in [2.45, 2.75) is 6.54 Å². The number of carbonyl (C=O) groups is 1. The third-order valence-electron chi connectivity index (χ3n) is 2.08. The predicted molar refractivity (Wildman–Crippen MR) is 57.6 cm³/mol. The highest BCUT2D eigenvalue weighted by Gasteiger charge is 2.22. The minimum atomic E-state index is -0.0223. The van der Waals surface area contributed by atoms with Gasteiger partial charge in [-0.05, 0) is 17.8 Å². The van der Waals surface area contributed by atoms with Crippen molar-refractivity contribution in [2.75, 3.05) is 6.54 Å². The van der Waals surface area contributed by atoms with Crippen molar-refractivity contribution in [3.63, 3.8) is 0 Å². The molecule has 0 atom stereocenters. The Balaban J connectivity index is 2.05. The summed E-state index contributed by atoms with van der Waals surface area (Å²) < 4.78 is 0. The Morgan fingerprint density at radius 2 is 2.07 bits per heavy atom. The van der Waals surface area contributed by atoms with Crippen LogP contribution >= 0.6 is 12.2 Å². The standard InChI is InChI=1S/C10H10N2OS/c13-9-7-12(10(14)11-9)6-8-4-2-1-3-5-8/h1-5H,6-7H2,(H,11,13,14). The zero-order valence-electron chi connectivity index (χ0n) is 7.56. The van der Waals surface area contributed by atoms with E-state index in [4.69, 9.17) is 12.2 Å². The third kappa shape index (κ3) is 1.90. The molecule has 1 amide bonds. The molecule has 1 aliphatic heterocycles. The number of nitrogens with zero attached hydrogens (tertiary/aromatic N) is 1. The zero-order valence-corrected chi connectivity index (χ0v) is 8.38. The van der Waals surface area contributed by atoms with Gasteiger partial charge in [0.25, 0.3) is 0 Å². The molecule has 4 heteroatoms. The molecule has 1 N–H and O–H groups in total. The summed E-state index contributed by atoms with van der Waals surface area (Å²) in [7, 11) is 0. The Labute approximate surface area is 87.7 Å². The molecule has 1 aromatic carbocycles. The van der Waals surface area contributed by atoms with Crippen molar-refractivity contribution in [1.82, 2.24) is 10.2 Å². The van der Waals surface area contributed by atoms with Gasteiger partial charge in [-0.15, -0.1) is 0 Å². The molecule has 1 saturated heterocycles. The van der Waals surface area contributed by atoms with Gasteiger partial charge in [0.2, 0.25) is 5.91 Å². The summed E-state index contributed by atoms with van der Waals surface area (Å²) in [5.74, 6) is -0.0223. The fraction of sp³-hybridized carbons (Fsp3) is 0.200. The lowest BCUT2D eigenvalue weighted by atomic mass is 10.2. The minimum absolute atomic E-state index is 0.0223. The lowest BCUT2D eigenvalue weighted by molar-refractivity contribution is -0.118. The van der Waals surface area contributed by atoms with Crippen LogP contribution < -0.4 is 5.32 Å². The first kappa shape index (κ1) is 9.15. The second kappa shape index (κ2) is 3.75. The Hall–Kier alpha value is -1.42. The van der Waals surface area contributed by atoms with E-state index in [1.807, 2.05) is 35.2 Å². The second-order valence-corrected chi connectivity index (χ2v) is 3.58. The molecule has 3 nitrogen and oxygen atoms in total. The Kier molecular flexibility index (Phi) is 2.45. The number of thiocarbonyl (C=S) groups is 1. The van der Waals surface area contributed by atoms with Gasteiger partial charge in [-0.25, -0.2) is 0 Å². The molecule has 0 saturated carbocycles. The summed E-state index contributed by atoms with van der Waals surface area (Å²) in [5.41, 5.74) is 1.16. The van der Waals surface area contributed by atoms with Crippen LogP contribution in [0, 0.1) is 0 Å². The summed E-state index contributed by atoms with van der Waals surface area (Å²) in [6.45, 7) is 1.06. The molecule has 72 valence electrons. The summed E-state index contributed by atoms with van der Waals surface area (Å²) in [6.07, 6.45) is 0. The highest BCUT2D eigenvalue weighted by Crippen LogP contribution is 2.07. The van der Waals surface area contributed by atoms with Gasteiger partial charge in [0.05, 0.1) is 6.54 Å². The van der Waals surface area contributed by atoms with Crippen LogP contribution in [0.5, 0.6) is 0 Å². The van der Waals surface area contributed by atoms with Gasteiger partial charge in [0.1, 0.15) is 0 Å². The minimum Gasteiger partial charge on any atom is -0.335 e. The lowest BCUT2D eigenvalue weighted by Crippen LogP contribution is -2.27. The molecule has 1 aliphatic rings. The van der Waals surface area contributed by atoms with E-state index in [2.05, 4.69) is 5.32 Å². The van der Waals surface area contributed by atoms with Gasteiger partial charge in [-0.2, -0.15) is 0 Å². The number of hydrogen-bond acceptors (Lipinski definition) is 2. The van der Waals surface area contributed by atoms with Crippen LogP contribution in [0.1, 0.15) is 5.56 Å². The van der Waals surface area contributed by atoms with Gasteiger partial charge in [-0.1, -0.05) is 30.3 Å². The van der Waals surface area contributed by atoms with Crippen LogP contribution in [0.3, 0.4) is 0 Å². The fourth-order valence-corrected chi connectivity index (χ4v) is 1.66. The van der Waals surface area contributed by atoms with Crippen LogP contribution in [0.2, 0.25) is 0 Å². The zero-order chi connectivity index (χ0) is 9.97. The van der Waals surface area contributed by atoms with Gasteiger partial charge in [0, 0.05) is 6.54 Å². The Morgan fingerprint density at radius 1 is 1.36 bits per heavy atom. The molecule has 0 aliphatic carbocycles. The molecule has 14 heavy (non-hydrogen) atoms. The molecule has 0 radical (unpaired) electrons. The first-order valence-corrected chi connectivity index (χ1v) is 4.79. The summed E-state index contributed by atoms with van der Waals surface area (Å²) >= 11 is 5.01. The highest BCUT2D eigenvalue weighted by atomic mass is 32.1. The molecule has 0 unspecified atom stereocenters. The molecular formula is C10H10N2OS. The molecular weight excluding hydrogens is 196 g/mol. The van der Waals surface area contributed by atoms with Crippen LogP contribution in [-0.4, -0.2) is 22.5 Å². The lowest BCUT2D eigenvalue weighted by Gasteiger charge is -2.14. The quantitative estimate of drug-likeness (QED) is 0.730. The van der Waals surface area contributed by atoms with E-state index in [1.165, 1.54) is 0 Å². The van der Waals surface area contributed by atoms with E-state index in [0.717, 1.165) is 5.56 Å². The smallest absolute Gasteiger partial charge is 0.245 e. The normalized spacial score (nSPS) is 15.9. The number of hydrogen-bond donors (Lipinski definition) is 1. The van der Waals surface area contributed by atoms with E-state index in [-0.39, 0.29) is 5.91 Å². The van der Waals surface area contributed by atoms with Crippen molar-refractivity contribution in [3.8, 4) is 0 Å². The number of carbonyl (C=O) groups excluding carboxylic acids is 1. The summed E-state index contributed by atoms with van der Waals surface area (Å²) in [6, 6.07) is 9.96. The first-order valence-electron chi connectivity index (χ1n) is 4.38. The van der Waals surface area contributed by atoms with Crippen LogP contribution in [0.4, 0.5) is 0 Å². The number of benzene rings is 1.